The van der Waals surface area contributed by atoms with Gasteiger partial charge in [0, 0.05) is 48.0 Å². The van der Waals surface area contributed by atoms with Gasteiger partial charge in [-0.3, -0.25) is 4.99 Å². The number of ether oxygens (including phenoxy) is 2. The van der Waals surface area contributed by atoms with Gasteiger partial charge in [0.1, 0.15) is 0 Å². The Morgan fingerprint density at radius 3 is 2.83 bits per heavy atom. The molecule has 0 radical (unpaired) electrons. The third-order valence-electron chi connectivity index (χ3n) is 5.00. The lowest BCUT2D eigenvalue weighted by Gasteiger charge is -2.18. The molecule has 0 bridgehead atoms. The number of hydrogen-bond acceptors (Lipinski definition) is 4. The van der Waals surface area contributed by atoms with E-state index < -0.39 is 0 Å². The van der Waals surface area contributed by atoms with Crippen LogP contribution in [0, 0.1) is 5.92 Å². The van der Waals surface area contributed by atoms with Gasteiger partial charge in [-0.15, -0.1) is 24.0 Å². The van der Waals surface area contributed by atoms with Gasteiger partial charge in [0.05, 0.1) is 13.2 Å². The first-order valence-corrected chi connectivity index (χ1v) is 10.4. The van der Waals surface area contributed by atoms with Crippen LogP contribution in [0.2, 0.25) is 0 Å². The van der Waals surface area contributed by atoms with E-state index >= 15 is 0 Å². The van der Waals surface area contributed by atoms with E-state index in [0.717, 1.165) is 47.6 Å². The van der Waals surface area contributed by atoms with Crippen LogP contribution >= 0.6 is 39.9 Å². The zero-order valence-corrected chi connectivity index (χ0v) is 20.1. The molecule has 1 saturated heterocycles. The average molecular weight is 573 g/mol. The zero-order valence-electron chi connectivity index (χ0n) is 16.1. The second-order valence-corrected chi connectivity index (χ2v) is 8.06. The van der Waals surface area contributed by atoms with Crippen molar-refractivity contribution in [2.75, 3.05) is 43.1 Å². The molecular weight excluding hydrogens is 547 g/mol. The lowest BCUT2D eigenvalue weighted by molar-refractivity contribution is 0.297. The summed E-state index contributed by atoms with van der Waals surface area (Å²) in [5.41, 5.74) is 8.21. The Morgan fingerprint density at radius 1 is 1.17 bits per heavy atom. The molecule has 0 saturated carbocycles. The molecule has 29 heavy (non-hydrogen) atoms. The number of hydrogen-bond donors (Lipinski definition) is 2. The quantitative estimate of drug-likeness (QED) is 0.321. The summed E-state index contributed by atoms with van der Waals surface area (Å²) in [6.45, 7) is 4.11. The Hall–Kier alpha value is -1.68. The molecule has 2 heterocycles. The minimum atomic E-state index is 0. The summed E-state index contributed by atoms with van der Waals surface area (Å²) in [5, 5.41) is 3.16. The largest absolute Gasteiger partial charge is 0.490 e. The van der Waals surface area contributed by atoms with Crippen LogP contribution in [0.25, 0.3) is 0 Å². The third kappa shape index (κ3) is 5.91. The lowest BCUT2D eigenvalue weighted by atomic mass is 10.1. The standard InChI is InChI=1S/C21H25BrN4O2.HI/c22-16-3-1-4-18(11-16)26-8-7-15(14-26)13-24-21(23)25-17-5-6-19-20(12-17)28-10-2-9-27-19;/h1,3-6,11-12,15H,2,7-10,13-14H2,(H3,23,24,25);1H. The SMILES string of the molecule is I.NC(=NCC1CCN(c2cccc(Br)c2)C1)Nc1ccc2c(c1)OCCCO2. The van der Waals surface area contributed by atoms with Crippen LogP contribution in [-0.2, 0) is 0 Å². The molecule has 4 rings (SSSR count). The third-order valence-corrected chi connectivity index (χ3v) is 5.49. The number of nitrogens with two attached hydrogens (primary N) is 1. The monoisotopic (exact) mass is 572 g/mol. The first-order chi connectivity index (χ1) is 13.7. The second-order valence-electron chi connectivity index (χ2n) is 7.14. The highest BCUT2D eigenvalue weighted by Gasteiger charge is 2.22. The molecule has 1 unspecified atom stereocenters. The highest BCUT2D eigenvalue weighted by Crippen LogP contribution is 2.32. The molecule has 8 heteroatoms. The van der Waals surface area contributed by atoms with Crippen LogP contribution < -0.4 is 25.4 Å². The summed E-state index contributed by atoms with van der Waals surface area (Å²) in [7, 11) is 0. The molecule has 6 nitrogen and oxygen atoms in total. The summed E-state index contributed by atoms with van der Waals surface area (Å²) in [5.74, 6) is 2.45. The number of rotatable bonds is 4. The molecule has 2 aromatic carbocycles. The number of nitrogens with zero attached hydrogens (tertiary/aromatic N) is 2. The maximum atomic E-state index is 6.10. The summed E-state index contributed by atoms with van der Waals surface area (Å²) >= 11 is 3.54. The van der Waals surface area contributed by atoms with Gasteiger partial charge in [0.15, 0.2) is 17.5 Å². The van der Waals surface area contributed by atoms with Crippen molar-refractivity contribution in [3.8, 4) is 11.5 Å². The van der Waals surface area contributed by atoms with Gasteiger partial charge >= 0.3 is 0 Å². The van der Waals surface area contributed by atoms with Crippen molar-refractivity contribution in [2.24, 2.45) is 16.6 Å². The summed E-state index contributed by atoms with van der Waals surface area (Å²) < 4.78 is 12.5. The van der Waals surface area contributed by atoms with Crippen LogP contribution in [0.15, 0.2) is 51.9 Å². The first-order valence-electron chi connectivity index (χ1n) is 9.64. The van der Waals surface area contributed by atoms with Crippen molar-refractivity contribution in [3.63, 3.8) is 0 Å². The average Bonchev–Trinajstić information content (AvgIpc) is 3.05. The minimum absolute atomic E-state index is 0. The minimum Gasteiger partial charge on any atom is -0.490 e. The highest BCUT2D eigenvalue weighted by molar-refractivity contribution is 14.0. The highest BCUT2D eigenvalue weighted by atomic mass is 127. The van der Waals surface area contributed by atoms with E-state index in [1.807, 2.05) is 24.3 Å². The van der Waals surface area contributed by atoms with Crippen molar-refractivity contribution < 1.29 is 9.47 Å². The Morgan fingerprint density at radius 2 is 2.00 bits per heavy atom. The number of fused-ring (bicyclic) bond motifs is 1. The molecule has 2 aromatic rings. The molecular formula is C21H26BrIN4O2. The van der Waals surface area contributed by atoms with Crippen molar-refractivity contribution in [2.45, 2.75) is 12.8 Å². The van der Waals surface area contributed by atoms with Crippen molar-refractivity contribution >= 4 is 57.2 Å². The summed E-state index contributed by atoms with van der Waals surface area (Å²) in [6, 6.07) is 14.2. The fraction of sp³-hybridized carbons (Fsp3) is 0.381. The van der Waals surface area contributed by atoms with Gasteiger partial charge in [-0.05, 0) is 42.7 Å². The smallest absolute Gasteiger partial charge is 0.193 e. The summed E-state index contributed by atoms with van der Waals surface area (Å²) in [6.07, 6.45) is 2.01. The molecule has 1 atom stereocenters. The van der Waals surface area contributed by atoms with Gasteiger partial charge in [-0.2, -0.15) is 0 Å². The van der Waals surface area contributed by atoms with Crippen LogP contribution in [0.3, 0.4) is 0 Å². The summed E-state index contributed by atoms with van der Waals surface area (Å²) in [4.78, 5) is 6.95. The molecule has 2 aliphatic rings. The molecule has 0 amide bonds. The van der Waals surface area contributed by atoms with E-state index in [2.05, 4.69) is 49.3 Å². The Labute approximate surface area is 197 Å². The molecule has 2 aliphatic heterocycles. The normalized spacial score (nSPS) is 18.7. The molecule has 1 fully saturated rings. The van der Waals surface area contributed by atoms with E-state index in [1.165, 1.54) is 5.69 Å². The van der Waals surface area contributed by atoms with Crippen LogP contribution in [0.5, 0.6) is 11.5 Å². The van der Waals surface area contributed by atoms with E-state index in [4.69, 9.17) is 15.2 Å². The maximum Gasteiger partial charge on any atom is 0.193 e. The zero-order chi connectivity index (χ0) is 19.3. The topological polar surface area (TPSA) is 72.1 Å². The van der Waals surface area contributed by atoms with Gasteiger partial charge in [-0.25, -0.2) is 0 Å². The Kier molecular flexibility index (Phi) is 7.88. The molecule has 156 valence electrons. The molecule has 3 N–H and O–H groups in total. The molecule has 0 aromatic heterocycles. The van der Waals surface area contributed by atoms with E-state index in [1.54, 1.807) is 0 Å². The number of benzene rings is 2. The van der Waals surface area contributed by atoms with Gasteiger partial charge in [-0.1, -0.05) is 22.0 Å². The van der Waals surface area contributed by atoms with Crippen molar-refractivity contribution in [1.29, 1.82) is 0 Å². The molecule has 0 spiro atoms. The van der Waals surface area contributed by atoms with Crippen molar-refractivity contribution in [1.82, 2.24) is 0 Å². The number of aliphatic imine (C=N–C) groups is 1. The van der Waals surface area contributed by atoms with Gasteiger partial charge < -0.3 is 25.4 Å². The fourth-order valence-corrected chi connectivity index (χ4v) is 3.93. The first kappa shape index (κ1) is 22.0. The van der Waals surface area contributed by atoms with E-state index in [9.17, 15) is 0 Å². The maximum absolute atomic E-state index is 6.10. The van der Waals surface area contributed by atoms with E-state index in [0.29, 0.717) is 31.6 Å². The fourth-order valence-electron chi connectivity index (χ4n) is 3.54. The Bertz CT molecular complexity index is 864. The lowest BCUT2D eigenvalue weighted by Crippen LogP contribution is -2.25. The number of anilines is 2. The van der Waals surface area contributed by atoms with Crippen LogP contribution in [0.1, 0.15) is 12.8 Å². The Balaban J connectivity index is 0.00000240. The van der Waals surface area contributed by atoms with Gasteiger partial charge in [0.2, 0.25) is 0 Å². The molecule has 0 aliphatic carbocycles. The van der Waals surface area contributed by atoms with Gasteiger partial charge in [0.25, 0.3) is 0 Å². The number of nitrogens with one attached hydrogen (secondary N) is 1. The number of guanidine groups is 1. The van der Waals surface area contributed by atoms with Crippen molar-refractivity contribution in [3.05, 3.63) is 46.9 Å². The predicted molar refractivity (Wildman–Crippen MR) is 132 cm³/mol. The van der Waals surface area contributed by atoms with Crippen LogP contribution in [0.4, 0.5) is 11.4 Å². The second kappa shape index (κ2) is 10.4. The number of halogens is 2. The van der Waals surface area contributed by atoms with Crippen LogP contribution in [-0.4, -0.2) is 38.8 Å². The van der Waals surface area contributed by atoms with E-state index in [-0.39, 0.29) is 24.0 Å². The predicted octanol–water partition coefficient (Wildman–Crippen LogP) is 4.48.